The summed E-state index contributed by atoms with van der Waals surface area (Å²) in [5.41, 5.74) is 23.9. The van der Waals surface area contributed by atoms with Crippen LogP contribution in [0.5, 0.6) is 0 Å². The first-order valence-electron chi connectivity index (χ1n) is 25.4. The molecule has 11 N–H and O–H groups in total. The van der Waals surface area contributed by atoms with Gasteiger partial charge in [-0.1, -0.05) is 145 Å². The lowest BCUT2D eigenvalue weighted by molar-refractivity contribution is -0.129. The number of rotatable bonds is 42. The molecule has 2 aromatic rings. The van der Waals surface area contributed by atoms with Gasteiger partial charge in [0.2, 0.25) is 43.7 Å². The number of hydrogen-bond acceptors (Lipinski definition) is 11. The van der Waals surface area contributed by atoms with Gasteiger partial charge in [-0.15, -0.1) is 0 Å². The molecule has 2 rings (SSSR count). The van der Waals surface area contributed by atoms with Crippen molar-refractivity contribution in [3.8, 4) is 0 Å². The number of nitrogens with zero attached hydrogens (tertiary/aromatic N) is 2. The van der Waals surface area contributed by atoms with Crippen LogP contribution in [-0.4, -0.2) is 113 Å². The molecule has 69 heavy (non-hydrogen) atoms. The average Bonchev–Trinajstić information content (AvgIpc) is 3.30. The Kier molecular flexibility index (Phi) is 31.9. The SMILES string of the molecule is CCCCCCCCCCCCCC(=O)N[C@@H](CCCCN)C(=O)N[C@@H](CCCCN)CN(CC(=O)N[C@@H](CCCCN)CN(CC(N)=O)S(=O)(=O)Cc1ccccc1)S(=O)(=O)Cc1ccccc1. The van der Waals surface area contributed by atoms with E-state index in [0.717, 1.165) is 27.9 Å². The molecule has 3 atom stereocenters. The van der Waals surface area contributed by atoms with Crippen LogP contribution in [0.4, 0.5) is 0 Å². The van der Waals surface area contributed by atoms with Crippen molar-refractivity contribution in [3.63, 3.8) is 0 Å². The van der Waals surface area contributed by atoms with Crippen LogP contribution < -0.4 is 38.9 Å². The van der Waals surface area contributed by atoms with Gasteiger partial charge in [0.1, 0.15) is 6.04 Å². The van der Waals surface area contributed by atoms with Gasteiger partial charge in [-0.25, -0.2) is 16.8 Å². The summed E-state index contributed by atoms with van der Waals surface area (Å²) in [7, 11) is -8.36. The van der Waals surface area contributed by atoms with E-state index in [0.29, 0.717) is 88.5 Å². The highest BCUT2D eigenvalue weighted by Gasteiger charge is 2.32. The summed E-state index contributed by atoms with van der Waals surface area (Å²) in [4.78, 5) is 53.7. The molecule has 0 radical (unpaired) electrons. The maximum atomic E-state index is 14.4. The Bertz CT molecular complexity index is 1950. The predicted octanol–water partition coefficient (Wildman–Crippen LogP) is 4.68. The first kappa shape index (κ1) is 61.1. The largest absolute Gasteiger partial charge is 0.369 e. The summed E-state index contributed by atoms with van der Waals surface area (Å²) >= 11 is 0. The number of hydrogen-bond donors (Lipinski definition) is 7. The summed E-state index contributed by atoms with van der Waals surface area (Å²) in [5.74, 6) is -3.15. The quantitative estimate of drug-likeness (QED) is 0.0449. The Labute approximate surface area is 414 Å². The lowest BCUT2D eigenvalue weighted by atomic mass is 10.0. The minimum absolute atomic E-state index is 0.231. The van der Waals surface area contributed by atoms with Crippen LogP contribution in [0.25, 0.3) is 0 Å². The first-order valence-corrected chi connectivity index (χ1v) is 28.7. The van der Waals surface area contributed by atoms with Gasteiger partial charge >= 0.3 is 0 Å². The fraction of sp³-hybridized carbons (Fsp3) is 0.680. The molecule has 0 aromatic heterocycles. The predicted molar refractivity (Wildman–Crippen MR) is 276 cm³/mol. The molecular weight excluding hydrogens is 919 g/mol. The topological polar surface area (TPSA) is 283 Å². The van der Waals surface area contributed by atoms with Crippen molar-refractivity contribution < 1.29 is 36.0 Å². The van der Waals surface area contributed by atoms with Gasteiger partial charge in [0.05, 0.1) is 24.6 Å². The number of sulfonamides is 2. The van der Waals surface area contributed by atoms with Crippen molar-refractivity contribution in [2.45, 2.75) is 171 Å². The maximum absolute atomic E-state index is 14.4. The third-order valence-electron chi connectivity index (χ3n) is 12.0. The van der Waals surface area contributed by atoms with Crippen LogP contribution in [0.15, 0.2) is 60.7 Å². The summed E-state index contributed by atoms with van der Waals surface area (Å²) in [5, 5.41) is 8.81. The molecule has 0 aliphatic heterocycles. The molecule has 19 heteroatoms. The molecule has 0 unspecified atom stereocenters. The van der Waals surface area contributed by atoms with Crippen molar-refractivity contribution >= 4 is 43.7 Å². The van der Waals surface area contributed by atoms with Gasteiger partial charge in [0, 0.05) is 31.6 Å². The number of carbonyl (C=O) groups is 4. The van der Waals surface area contributed by atoms with E-state index < -0.39 is 80.5 Å². The van der Waals surface area contributed by atoms with Crippen LogP contribution in [0.1, 0.15) is 153 Å². The summed E-state index contributed by atoms with van der Waals surface area (Å²) < 4.78 is 58.2. The lowest BCUT2D eigenvalue weighted by Gasteiger charge is -2.30. The Morgan fingerprint density at radius 2 is 0.928 bits per heavy atom. The van der Waals surface area contributed by atoms with E-state index in [-0.39, 0.29) is 31.8 Å². The monoisotopic (exact) mass is 1010 g/mol. The minimum atomic E-state index is -4.24. The Hall–Kier alpha value is -3.98. The summed E-state index contributed by atoms with van der Waals surface area (Å²) in [6.07, 6.45) is 17.3. The van der Waals surface area contributed by atoms with Gasteiger partial charge in [-0.05, 0) is 82.1 Å². The van der Waals surface area contributed by atoms with E-state index >= 15 is 0 Å². The molecule has 392 valence electrons. The molecule has 0 bridgehead atoms. The molecule has 4 amide bonds. The van der Waals surface area contributed by atoms with E-state index in [2.05, 4.69) is 22.9 Å². The smallest absolute Gasteiger partial charge is 0.242 e. The van der Waals surface area contributed by atoms with Gasteiger partial charge in [-0.3, -0.25) is 19.2 Å². The summed E-state index contributed by atoms with van der Waals surface area (Å²) in [6.45, 7) is 1.47. The zero-order valence-electron chi connectivity index (χ0n) is 41.5. The molecule has 0 aliphatic carbocycles. The van der Waals surface area contributed by atoms with Gasteiger partial charge < -0.3 is 38.9 Å². The average molecular weight is 1010 g/mol. The zero-order valence-corrected chi connectivity index (χ0v) is 43.1. The minimum Gasteiger partial charge on any atom is -0.369 e. The third-order valence-corrected chi connectivity index (χ3v) is 15.5. The Morgan fingerprint density at radius 1 is 0.507 bits per heavy atom. The zero-order chi connectivity index (χ0) is 50.8. The fourth-order valence-corrected chi connectivity index (χ4v) is 11.2. The van der Waals surface area contributed by atoms with E-state index in [1.807, 2.05) is 0 Å². The number of nitrogens with two attached hydrogens (primary N) is 4. The van der Waals surface area contributed by atoms with Crippen molar-refractivity contribution in [3.05, 3.63) is 71.8 Å². The van der Waals surface area contributed by atoms with E-state index in [1.165, 1.54) is 44.9 Å². The second-order valence-electron chi connectivity index (χ2n) is 18.3. The van der Waals surface area contributed by atoms with Gasteiger partial charge in [0.15, 0.2) is 0 Å². The van der Waals surface area contributed by atoms with E-state index in [1.54, 1.807) is 60.7 Å². The molecule has 0 saturated carbocycles. The number of carbonyl (C=O) groups excluding carboxylic acids is 4. The number of primary amides is 1. The Morgan fingerprint density at radius 3 is 1.38 bits per heavy atom. The molecule has 0 heterocycles. The molecular formula is C50H87N9O8S2. The van der Waals surface area contributed by atoms with Crippen LogP contribution in [0.3, 0.4) is 0 Å². The van der Waals surface area contributed by atoms with Crippen molar-refractivity contribution in [1.82, 2.24) is 24.6 Å². The lowest BCUT2D eigenvalue weighted by Crippen LogP contribution is -2.54. The number of amides is 4. The first-order chi connectivity index (χ1) is 33.1. The van der Waals surface area contributed by atoms with Gasteiger partial charge in [-0.2, -0.15) is 8.61 Å². The van der Waals surface area contributed by atoms with Gasteiger partial charge in [0.25, 0.3) is 0 Å². The van der Waals surface area contributed by atoms with E-state index in [4.69, 9.17) is 22.9 Å². The maximum Gasteiger partial charge on any atom is 0.242 e. The van der Waals surface area contributed by atoms with Crippen LogP contribution in [0, 0.1) is 0 Å². The van der Waals surface area contributed by atoms with Crippen molar-refractivity contribution in [2.75, 3.05) is 45.8 Å². The number of nitrogens with one attached hydrogen (secondary N) is 3. The standard InChI is InChI=1S/C50H87N9O8S2/c1-2-3-4-5-6-7-8-9-10-11-18-32-48(61)57-46(31-21-24-35-53)50(63)56-45(30-20-23-34-52)37-59(69(66,67)41-43-27-16-13-17-28-43)39-49(62)55-44(29-19-22-33-51)36-58(38-47(54)60)68(64,65)40-42-25-14-12-15-26-42/h12-17,25-28,44-46H,2-11,18-24,29-41,51-53H2,1H3,(H2,54,60)(H,55,62)(H,56,63)(H,57,61)/t44-,45-,46-/m0/s1. The van der Waals surface area contributed by atoms with Crippen LogP contribution >= 0.6 is 0 Å². The molecule has 0 spiro atoms. The Balaban J connectivity index is 2.34. The fourth-order valence-electron chi connectivity index (χ4n) is 8.17. The molecule has 17 nitrogen and oxygen atoms in total. The number of unbranched alkanes of at least 4 members (excludes halogenated alkanes) is 13. The second kappa shape index (κ2) is 36.0. The summed E-state index contributed by atoms with van der Waals surface area (Å²) in [6, 6.07) is 14.4. The molecule has 2 aromatic carbocycles. The van der Waals surface area contributed by atoms with Crippen molar-refractivity contribution in [2.24, 2.45) is 22.9 Å². The van der Waals surface area contributed by atoms with Crippen LogP contribution in [-0.2, 0) is 50.7 Å². The second-order valence-corrected chi connectivity index (χ2v) is 22.2. The highest BCUT2D eigenvalue weighted by molar-refractivity contribution is 7.88. The highest BCUT2D eigenvalue weighted by atomic mass is 32.2. The molecule has 0 saturated heterocycles. The van der Waals surface area contributed by atoms with Crippen molar-refractivity contribution in [1.29, 1.82) is 0 Å². The highest BCUT2D eigenvalue weighted by Crippen LogP contribution is 2.18. The number of benzene rings is 2. The molecule has 0 aliphatic rings. The van der Waals surface area contributed by atoms with E-state index in [9.17, 15) is 36.0 Å². The van der Waals surface area contributed by atoms with Crippen LogP contribution in [0.2, 0.25) is 0 Å². The normalized spacial score (nSPS) is 13.2. The third kappa shape index (κ3) is 27.9. The molecule has 0 fully saturated rings.